The molecule has 0 saturated carbocycles. The zero-order valence-corrected chi connectivity index (χ0v) is 11.2. The maximum Gasteiger partial charge on any atom is 0.124 e. The fourth-order valence-electron chi connectivity index (χ4n) is 2.10. The molecule has 3 rings (SSSR count). The number of para-hydroxylation sites is 1. The van der Waals surface area contributed by atoms with Gasteiger partial charge in [-0.2, -0.15) is 0 Å². The van der Waals surface area contributed by atoms with E-state index in [9.17, 15) is 0 Å². The van der Waals surface area contributed by atoms with Gasteiger partial charge in [0.1, 0.15) is 5.01 Å². The van der Waals surface area contributed by atoms with Crippen molar-refractivity contribution < 1.29 is 0 Å². The van der Waals surface area contributed by atoms with Gasteiger partial charge in [0.25, 0.3) is 0 Å². The molecule has 0 bridgehead atoms. The van der Waals surface area contributed by atoms with Crippen LogP contribution in [0.2, 0.25) is 0 Å². The zero-order chi connectivity index (χ0) is 12.7. The van der Waals surface area contributed by atoms with E-state index in [0.29, 0.717) is 0 Å². The molecule has 18 heavy (non-hydrogen) atoms. The average Bonchev–Trinajstić information content (AvgIpc) is 2.77. The lowest BCUT2D eigenvalue weighted by atomic mass is 10.0. The first-order valence-corrected chi connectivity index (χ1v) is 6.69. The summed E-state index contributed by atoms with van der Waals surface area (Å²) < 4.78 is 1.21. The van der Waals surface area contributed by atoms with Crippen molar-refractivity contribution in [3.8, 4) is 10.6 Å². The number of nitrogen functional groups attached to an aromatic ring is 1. The molecule has 0 aliphatic carbocycles. The molecule has 2 nitrogen and oxygen atoms in total. The summed E-state index contributed by atoms with van der Waals surface area (Å²) in [5.41, 5.74) is 11.4. The lowest BCUT2D eigenvalue weighted by molar-refractivity contribution is 1.33. The number of aromatic nitrogens is 1. The minimum absolute atomic E-state index is 0.798. The van der Waals surface area contributed by atoms with Crippen molar-refractivity contribution >= 4 is 27.2 Å². The largest absolute Gasteiger partial charge is 0.399 e. The van der Waals surface area contributed by atoms with Crippen LogP contribution in [0.25, 0.3) is 20.8 Å². The minimum atomic E-state index is 0.798. The van der Waals surface area contributed by atoms with Crippen molar-refractivity contribution in [3.05, 3.63) is 47.5 Å². The van der Waals surface area contributed by atoms with Gasteiger partial charge in [0.05, 0.1) is 10.2 Å². The van der Waals surface area contributed by atoms with Crippen LogP contribution in [0.4, 0.5) is 5.69 Å². The van der Waals surface area contributed by atoms with Crippen LogP contribution in [0.5, 0.6) is 0 Å². The Morgan fingerprint density at radius 2 is 1.89 bits per heavy atom. The summed E-state index contributed by atoms with van der Waals surface area (Å²) in [5.74, 6) is 0. The number of nitrogens with two attached hydrogens (primary N) is 1. The van der Waals surface area contributed by atoms with Gasteiger partial charge in [0.15, 0.2) is 0 Å². The Bertz CT molecular complexity index is 695. The minimum Gasteiger partial charge on any atom is -0.399 e. The smallest absolute Gasteiger partial charge is 0.124 e. The molecule has 0 aliphatic rings. The Kier molecular flexibility index (Phi) is 2.56. The predicted octanol–water partition coefficient (Wildman–Crippen LogP) is 4.16. The van der Waals surface area contributed by atoms with Gasteiger partial charge in [-0.05, 0) is 49.2 Å². The number of aryl methyl sites for hydroxylation is 1. The summed E-state index contributed by atoms with van der Waals surface area (Å²) in [6, 6.07) is 12.2. The van der Waals surface area contributed by atoms with E-state index in [0.717, 1.165) is 21.8 Å². The number of hydrogen-bond donors (Lipinski definition) is 1. The Labute approximate surface area is 110 Å². The first-order valence-electron chi connectivity index (χ1n) is 5.88. The second-order valence-corrected chi connectivity index (χ2v) is 5.53. The van der Waals surface area contributed by atoms with Crippen LogP contribution in [0, 0.1) is 13.8 Å². The molecule has 0 aliphatic heterocycles. The van der Waals surface area contributed by atoms with Crippen LogP contribution in [0.3, 0.4) is 0 Å². The monoisotopic (exact) mass is 254 g/mol. The third-order valence-corrected chi connectivity index (χ3v) is 4.28. The van der Waals surface area contributed by atoms with E-state index in [1.165, 1.54) is 15.8 Å². The summed E-state index contributed by atoms with van der Waals surface area (Å²) >= 11 is 1.72. The van der Waals surface area contributed by atoms with E-state index in [4.69, 9.17) is 5.73 Å². The highest BCUT2D eigenvalue weighted by Crippen LogP contribution is 2.34. The molecule has 90 valence electrons. The maximum absolute atomic E-state index is 5.94. The molecule has 0 saturated heterocycles. The highest BCUT2D eigenvalue weighted by atomic mass is 32.1. The SMILES string of the molecule is Cc1cc(N)cc(-c2nc3ccccc3s2)c1C. The van der Waals surface area contributed by atoms with Gasteiger partial charge in [-0.15, -0.1) is 11.3 Å². The standard InChI is InChI=1S/C15H14N2S/c1-9-7-11(16)8-12(10(9)2)15-17-13-5-3-4-6-14(13)18-15/h3-8H,16H2,1-2H3. The highest BCUT2D eigenvalue weighted by Gasteiger charge is 2.10. The second-order valence-electron chi connectivity index (χ2n) is 4.50. The van der Waals surface area contributed by atoms with E-state index in [-0.39, 0.29) is 0 Å². The third kappa shape index (κ3) is 1.77. The van der Waals surface area contributed by atoms with Crippen LogP contribution in [-0.2, 0) is 0 Å². The van der Waals surface area contributed by atoms with E-state index in [2.05, 4.69) is 24.9 Å². The second kappa shape index (κ2) is 4.10. The lowest BCUT2D eigenvalue weighted by Gasteiger charge is -2.07. The van der Waals surface area contributed by atoms with Crippen molar-refractivity contribution in [2.45, 2.75) is 13.8 Å². The molecule has 3 heteroatoms. The Morgan fingerprint density at radius 1 is 1.11 bits per heavy atom. The molecule has 0 amide bonds. The first kappa shape index (κ1) is 11.2. The van der Waals surface area contributed by atoms with E-state index in [1.807, 2.05) is 30.3 Å². The van der Waals surface area contributed by atoms with E-state index < -0.39 is 0 Å². The molecule has 3 aromatic rings. The van der Waals surface area contributed by atoms with Crippen molar-refractivity contribution in [3.63, 3.8) is 0 Å². The number of benzene rings is 2. The van der Waals surface area contributed by atoms with Gasteiger partial charge in [0, 0.05) is 11.3 Å². The molecule has 0 unspecified atom stereocenters. The summed E-state index contributed by atoms with van der Waals surface area (Å²) in [6.45, 7) is 4.21. The number of fused-ring (bicyclic) bond motifs is 1. The first-order chi connectivity index (χ1) is 8.65. The van der Waals surface area contributed by atoms with E-state index in [1.54, 1.807) is 11.3 Å². The number of nitrogens with zero attached hydrogens (tertiary/aromatic N) is 1. The molecule has 2 aromatic carbocycles. The van der Waals surface area contributed by atoms with Gasteiger partial charge in [-0.1, -0.05) is 12.1 Å². The molecule has 0 radical (unpaired) electrons. The van der Waals surface area contributed by atoms with Crippen molar-refractivity contribution in [2.24, 2.45) is 0 Å². The topological polar surface area (TPSA) is 38.9 Å². The third-order valence-electron chi connectivity index (χ3n) is 3.21. The van der Waals surface area contributed by atoms with Crippen LogP contribution in [-0.4, -0.2) is 4.98 Å². The van der Waals surface area contributed by atoms with Gasteiger partial charge in [-0.3, -0.25) is 0 Å². The quantitative estimate of drug-likeness (QED) is 0.662. The molecule has 0 spiro atoms. The summed E-state index contributed by atoms with van der Waals surface area (Å²) in [4.78, 5) is 4.69. The van der Waals surface area contributed by atoms with Gasteiger partial charge in [0.2, 0.25) is 0 Å². The molecule has 2 N–H and O–H groups in total. The van der Waals surface area contributed by atoms with Gasteiger partial charge < -0.3 is 5.73 Å². The molecule has 0 atom stereocenters. The number of rotatable bonds is 1. The molecule has 0 fully saturated rings. The predicted molar refractivity (Wildman–Crippen MR) is 78.9 cm³/mol. The fraction of sp³-hybridized carbons (Fsp3) is 0.133. The molecular weight excluding hydrogens is 240 g/mol. The number of hydrogen-bond acceptors (Lipinski definition) is 3. The zero-order valence-electron chi connectivity index (χ0n) is 10.4. The van der Waals surface area contributed by atoms with Crippen LogP contribution in [0.15, 0.2) is 36.4 Å². The van der Waals surface area contributed by atoms with E-state index >= 15 is 0 Å². The summed E-state index contributed by atoms with van der Waals surface area (Å²) in [5, 5.41) is 1.05. The Hall–Kier alpha value is -1.87. The molecule has 1 aromatic heterocycles. The van der Waals surface area contributed by atoms with Crippen molar-refractivity contribution in [1.82, 2.24) is 4.98 Å². The van der Waals surface area contributed by atoms with Crippen molar-refractivity contribution in [2.75, 3.05) is 5.73 Å². The van der Waals surface area contributed by atoms with Gasteiger partial charge >= 0.3 is 0 Å². The normalized spacial score (nSPS) is 11.0. The van der Waals surface area contributed by atoms with Crippen LogP contribution < -0.4 is 5.73 Å². The fourth-order valence-corrected chi connectivity index (χ4v) is 3.14. The summed E-state index contributed by atoms with van der Waals surface area (Å²) in [6.07, 6.45) is 0. The average molecular weight is 254 g/mol. The summed E-state index contributed by atoms with van der Waals surface area (Å²) in [7, 11) is 0. The Morgan fingerprint density at radius 3 is 2.67 bits per heavy atom. The molecular formula is C15H14N2S. The number of anilines is 1. The van der Waals surface area contributed by atoms with Gasteiger partial charge in [-0.25, -0.2) is 4.98 Å². The number of thiazole rings is 1. The van der Waals surface area contributed by atoms with Crippen LogP contribution in [0.1, 0.15) is 11.1 Å². The van der Waals surface area contributed by atoms with Crippen molar-refractivity contribution in [1.29, 1.82) is 0 Å². The lowest BCUT2D eigenvalue weighted by Crippen LogP contribution is -1.92. The molecule has 1 heterocycles. The highest BCUT2D eigenvalue weighted by molar-refractivity contribution is 7.21. The van der Waals surface area contributed by atoms with Crippen LogP contribution >= 0.6 is 11.3 Å². The Balaban J connectivity index is 2.26. The maximum atomic E-state index is 5.94.